The van der Waals surface area contributed by atoms with Crippen molar-refractivity contribution < 1.29 is 22.5 Å². The van der Waals surface area contributed by atoms with E-state index in [1.165, 1.54) is 4.90 Å². The van der Waals surface area contributed by atoms with E-state index < -0.39 is 30.7 Å². The zero-order valence-corrected chi connectivity index (χ0v) is 16.4. The topological polar surface area (TPSA) is 49.3 Å². The van der Waals surface area contributed by atoms with Crippen molar-refractivity contribution in [1.82, 2.24) is 10.3 Å². The van der Waals surface area contributed by atoms with Crippen molar-refractivity contribution >= 4 is 24.1 Å². The van der Waals surface area contributed by atoms with Crippen molar-refractivity contribution in [3.63, 3.8) is 0 Å². The van der Waals surface area contributed by atoms with Crippen LogP contribution in [0.3, 0.4) is 0 Å². The average molecular weight is 396 g/mol. The van der Waals surface area contributed by atoms with Crippen LogP contribution in [0.1, 0.15) is 27.7 Å². The standard InChI is InChI=1S/C18H24BF3N4O2/c1-16(2)17(3,4)28-19(27-16)12-5-7-13(8-6-12)25-9-10-26-14(11-25)23-24-15(26)18(20,21)22/h5-8,15,24H,9-11H2,1-4H3. The lowest BCUT2D eigenvalue weighted by atomic mass is 9.79. The number of halogens is 3. The second-order valence-electron chi connectivity index (χ2n) is 8.40. The molecule has 0 aromatic heterocycles. The van der Waals surface area contributed by atoms with Crippen molar-refractivity contribution in [3.8, 4) is 0 Å². The van der Waals surface area contributed by atoms with Crippen LogP contribution in [0.4, 0.5) is 18.9 Å². The first-order valence-corrected chi connectivity index (χ1v) is 9.34. The van der Waals surface area contributed by atoms with Gasteiger partial charge < -0.3 is 19.1 Å². The predicted octanol–water partition coefficient (Wildman–Crippen LogP) is 1.91. The van der Waals surface area contributed by atoms with E-state index in [-0.39, 0.29) is 6.54 Å². The lowest BCUT2D eigenvalue weighted by Gasteiger charge is -2.37. The maximum Gasteiger partial charge on any atom is 0.494 e. The highest BCUT2D eigenvalue weighted by Crippen LogP contribution is 2.36. The number of alkyl halides is 3. The Bertz CT molecular complexity index is 766. The summed E-state index contributed by atoms with van der Waals surface area (Å²) in [6.07, 6.45) is -6.08. The van der Waals surface area contributed by atoms with Crippen LogP contribution in [0.25, 0.3) is 0 Å². The van der Waals surface area contributed by atoms with Crippen LogP contribution in [-0.4, -0.2) is 61.0 Å². The third-order valence-electron chi connectivity index (χ3n) is 6.00. The molecule has 152 valence electrons. The molecular weight excluding hydrogens is 372 g/mol. The van der Waals surface area contributed by atoms with Gasteiger partial charge in [0.1, 0.15) is 5.84 Å². The first-order valence-electron chi connectivity index (χ1n) is 9.34. The van der Waals surface area contributed by atoms with Gasteiger partial charge in [-0.05, 0) is 45.3 Å². The zero-order valence-electron chi connectivity index (χ0n) is 16.4. The normalized spacial score (nSPS) is 26.2. The minimum Gasteiger partial charge on any atom is -0.399 e. The van der Waals surface area contributed by atoms with Gasteiger partial charge >= 0.3 is 13.3 Å². The van der Waals surface area contributed by atoms with Crippen molar-refractivity contribution in [2.45, 2.75) is 51.2 Å². The van der Waals surface area contributed by atoms with E-state index >= 15 is 0 Å². The van der Waals surface area contributed by atoms with Crippen LogP contribution in [0.2, 0.25) is 0 Å². The number of nitrogens with zero attached hydrogens (tertiary/aromatic N) is 3. The minimum absolute atomic E-state index is 0.259. The molecule has 1 unspecified atom stereocenters. The van der Waals surface area contributed by atoms with Crippen LogP contribution in [0.15, 0.2) is 29.4 Å². The van der Waals surface area contributed by atoms with E-state index in [9.17, 15) is 13.2 Å². The molecule has 0 aliphatic carbocycles. The third kappa shape index (κ3) is 3.22. The second-order valence-corrected chi connectivity index (χ2v) is 8.40. The summed E-state index contributed by atoms with van der Waals surface area (Å²) < 4.78 is 51.2. The number of nitrogens with one attached hydrogen (secondary N) is 1. The summed E-state index contributed by atoms with van der Waals surface area (Å²) in [5, 5.41) is 3.88. The monoisotopic (exact) mass is 396 g/mol. The average Bonchev–Trinajstić information content (AvgIpc) is 3.12. The highest BCUT2D eigenvalue weighted by Gasteiger charge is 2.52. The van der Waals surface area contributed by atoms with E-state index in [0.717, 1.165) is 11.2 Å². The van der Waals surface area contributed by atoms with Gasteiger partial charge in [-0.15, -0.1) is 0 Å². The summed E-state index contributed by atoms with van der Waals surface area (Å²) >= 11 is 0. The van der Waals surface area contributed by atoms with Crippen molar-refractivity contribution in [1.29, 1.82) is 0 Å². The molecule has 1 aromatic rings. The fourth-order valence-corrected chi connectivity index (χ4v) is 3.57. The van der Waals surface area contributed by atoms with Crippen LogP contribution in [0.5, 0.6) is 0 Å². The molecule has 1 atom stereocenters. The van der Waals surface area contributed by atoms with Crippen LogP contribution >= 0.6 is 0 Å². The molecule has 28 heavy (non-hydrogen) atoms. The van der Waals surface area contributed by atoms with Crippen molar-refractivity contribution in [3.05, 3.63) is 24.3 Å². The van der Waals surface area contributed by atoms with Gasteiger partial charge in [0.25, 0.3) is 0 Å². The zero-order chi connectivity index (χ0) is 20.3. The number of hydrogen-bond acceptors (Lipinski definition) is 6. The lowest BCUT2D eigenvalue weighted by Crippen LogP contribution is -2.57. The summed E-state index contributed by atoms with van der Waals surface area (Å²) in [6, 6.07) is 7.77. The van der Waals surface area contributed by atoms with Crippen molar-refractivity contribution in [2.24, 2.45) is 5.10 Å². The Morgan fingerprint density at radius 2 is 1.68 bits per heavy atom. The smallest absolute Gasteiger partial charge is 0.399 e. The van der Waals surface area contributed by atoms with Gasteiger partial charge in [0, 0.05) is 18.8 Å². The molecular formula is C18H24BF3N4O2. The van der Waals surface area contributed by atoms with Crippen LogP contribution in [-0.2, 0) is 9.31 Å². The summed E-state index contributed by atoms with van der Waals surface area (Å²) in [6.45, 7) is 9.10. The third-order valence-corrected chi connectivity index (χ3v) is 6.00. The molecule has 0 saturated carbocycles. The Morgan fingerprint density at radius 3 is 2.25 bits per heavy atom. The van der Waals surface area contributed by atoms with E-state index in [1.54, 1.807) is 0 Å². The fraction of sp³-hybridized carbons (Fsp3) is 0.611. The van der Waals surface area contributed by atoms with Gasteiger partial charge in [-0.1, -0.05) is 12.1 Å². The molecule has 6 nitrogen and oxygen atoms in total. The molecule has 1 N–H and O–H groups in total. The number of fused-ring (bicyclic) bond motifs is 1. The molecule has 10 heteroatoms. The first-order chi connectivity index (χ1) is 13.0. The van der Waals surface area contributed by atoms with Gasteiger partial charge in [-0.25, -0.2) is 0 Å². The number of rotatable bonds is 2. The largest absolute Gasteiger partial charge is 0.494 e. The number of benzene rings is 1. The molecule has 0 spiro atoms. The van der Waals surface area contributed by atoms with Crippen molar-refractivity contribution in [2.75, 3.05) is 24.5 Å². The number of hydrogen-bond donors (Lipinski definition) is 1. The van der Waals surface area contributed by atoms with E-state index in [0.29, 0.717) is 18.9 Å². The summed E-state index contributed by atoms with van der Waals surface area (Å²) in [5.41, 5.74) is 3.23. The summed E-state index contributed by atoms with van der Waals surface area (Å²) in [7, 11) is -0.438. The number of amidine groups is 1. The number of anilines is 1. The molecule has 0 bridgehead atoms. The van der Waals surface area contributed by atoms with Gasteiger partial charge in [-0.3, -0.25) is 5.43 Å². The maximum absolute atomic E-state index is 13.0. The van der Waals surface area contributed by atoms with E-state index in [4.69, 9.17) is 9.31 Å². The summed E-state index contributed by atoms with van der Waals surface area (Å²) in [5.74, 6) is 0.406. The number of piperazine rings is 1. The van der Waals surface area contributed by atoms with Crippen LogP contribution in [0, 0.1) is 0 Å². The second kappa shape index (κ2) is 6.28. The molecule has 2 saturated heterocycles. The molecule has 4 rings (SSSR count). The molecule has 0 radical (unpaired) electrons. The SMILES string of the molecule is CC1(C)OB(c2ccc(N3CCN4C(=NNC4C(F)(F)F)C3)cc2)OC1(C)C. The Hall–Kier alpha value is -1.94. The first kappa shape index (κ1) is 19.4. The molecule has 3 aliphatic rings. The Kier molecular flexibility index (Phi) is 4.35. The van der Waals surface area contributed by atoms with Gasteiger partial charge in [-0.2, -0.15) is 18.3 Å². The molecule has 0 amide bonds. The highest BCUT2D eigenvalue weighted by molar-refractivity contribution is 6.62. The molecule has 3 aliphatic heterocycles. The lowest BCUT2D eigenvalue weighted by molar-refractivity contribution is -0.178. The molecule has 2 fully saturated rings. The highest BCUT2D eigenvalue weighted by atomic mass is 19.4. The predicted molar refractivity (Wildman–Crippen MR) is 101 cm³/mol. The van der Waals surface area contributed by atoms with Gasteiger partial charge in [0.2, 0.25) is 6.17 Å². The molecule has 1 aromatic carbocycles. The maximum atomic E-state index is 13.0. The van der Waals surface area contributed by atoms with Crippen LogP contribution < -0.4 is 15.8 Å². The van der Waals surface area contributed by atoms with Gasteiger partial charge in [0.05, 0.1) is 17.7 Å². The molecule has 3 heterocycles. The Morgan fingerprint density at radius 1 is 1.07 bits per heavy atom. The fourth-order valence-electron chi connectivity index (χ4n) is 3.57. The minimum atomic E-state index is -4.35. The van der Waals surface area contributed by atoms with E-state index in [2.05, 4.69) is 10.5 Å². The Balaban J connectivity index is 1.44. The quantitative estimate of drug-likeness (QED) is 0.775. The van der Waals surface area contributed by atoms with Gasteiger partial charge in [0.15, 0.2) is 0 Å². The van der Waals surface area contributed by atoms with E-state index in [1.807, 2.05) is 56.9 Å². The number of hydrazone groups is 1. The summed E-state index contributed by atoms with van der Waals surface area (Å²) in [4.78, 5) is 3.30. The Labute approximate surface area is 162 Å².